The number of aromatic nitrogens is 2. The highest BCUT2D eigenvalue weighted by Crippen LogP contribution is 2.38. The largest absolute Gasteiger partial charge is 0.478 e. The van der Waals surface area contributed by atoms with Gasteiger partial charge in [-0.05, 0) is 52.4 Å². The number of hydrogen-bond acceptors (Lipinski definition) is 3. The van der Waals surface area contributed by atoms with Crippen LogP contribution in [0.25, 0.3) is 11.0 Å². The molecule has 0 bridgehead atoms. The van der Waals surface area contributed by atoms with Crippen LogP contribution in [0.15, 0.2) is 18.2 Å². The minimum Gasteiger partial charge on any atom is -0.478 e. The molecular weight excluding hydrogens is 266 g/mol. The van der Waals surface area contributed by atoms with E-state index in [2.05, 4.69) is 28.5 Å². The second kappa shape index (κ2) is 4.84. The van der Waals surface area contributed by atoms with Gasteiger partial charge in [0, 0.05) is 12.1 Å². The third kappa shape index (κ3) is 2.12. The molecule has 0 spiro atoms. The first-order chi connectivity index (χ1) is 9.94. The molecule has 0 amide bonds. The lowest BCUT2D eigenvalue weighted by molar-refractivity contribution is 0.0429. The van der Waals surface area contributed by atoms with Crippen LogP contribution in [0, 0.1) is 6.92 Å². The lowest BCUT2D eigenvalue weighted by atomic mass is 9.75. The first-order valence-corrected chi connectivity index (χ1v) is 7.31. The Morgan fingerprint density at radius 1 is 1.43 bits per heavy atom. The number of fused-ring (bicyclic) bond motifs is 1. The topological polar surface area (TPSA) is 58.4 Å². The number of hydrogen-bond donors (Lipinski definition) is 1. The van der Waals surface area contributed by atoms with Gasteiger partial charge in [-0.3, -0.25) is 0 Å². The van der Waals surface area contributed by atoms with E-state index in [0.29, 0.717) is 5.52 Å². The molecule has 1 aromatic carbocycles. The van der Waals surface area contributed by atoms with Crippen LogP contribution < -0.4 is 0 Å². The van der Waals surface area contributed by atoms with Crippen LogP contribution in [0.3, 0.4) is 0 Å². The van der Waals surface area contributed by atoms with Gasteiger partial charge in [-0.25, -0.2) is 9.78 Å². The number of carboxylic acid groups (broad SMARTS) is 1. The van der Waals surface area contributed by atoms with Crippen molar-refractivity contribution in [3.05, 3.63) is 29.6 Å². The summed E-state index contributed by atoms with van der Waals surface area (Å²) in [6.45, 7) is 2.82. The summed E-state index contributed by atoms with van der Waals surface area (Å²) in [5.74, 6) is -0.0388. The molecule has 21 heavy (non-hydrogen) atoms. The summed E-state index contributed by atoms with van der Waals surface area (Å²) in [5.41, 5.74) is 1.97. The monoisotopic (exact) mass is 287 g/mol. The minimum atomic E-state index is -0.920. The zero-order valence-electron chi connectivity index (χ0n) is 12.8. The average Bonchev–Trinajstić information content (AvgIpc) is 2.68. The van der Waals surface area contributed by atoms with Gasteiger partial charge in [-0.2, -0.15) is 0 Å². The lowest BCUT2D eigenvalue weighted by Gasteiger charge is -2.47. The molecule has 5 nitrogen and oxygen atoms in total. The van der Waals surface area contributed by atoms with Crippen molar-refractivity contribution in [2.75, 3.05) is 14.1 Å². The average molecular weight is 287 g/mol. The van der Waals surface area contributed by atoms with E-state index < -0.39 is 5.97 Å². The number of aromatic carboxylic acids is 1. The van der Waals surface area contributed by atoms with Crippen molar-refractivity contribution in [1.82, 2.24) is 14.5 Å². The van der Waals surface area contributed by atoms with Gasteiger partial charge in [0.05, 0.1) is 11.1 Å². The highest BCUT2D eigenvalue weighted by Gasteiger charge is 2.40. The number of para-hydroxylation sites is 1. The van der Waals surface area contributed by atoms with E-state index in [-0.39, 0.29) is 11.1 Å². The second-order valence-electron chi connectivity index (χ2n) is 6.20. The van der Waals surface area contributed by atoms with Gasteiger partial charge in [0.2, 0.25) is 0 Å². The van der Waals surface area contributed by atoms with Gasteiger partial charge in [0.25, 0.3) is 0 Å². The van der Waals surface area contributed by atoms with Gasteiger partial charge in [-0.15, -0.1) is 0 Å². The SMILES string of the molecule is Cc1nc2c(C(=O)O)cccc2n1CC1(N(C)C)CCC1. The number of likely N-dealkylation sites (N-methyl/N-ethyl adjacent to an activating group) is 1. The summed E-state index contributed by atoms with van der Waals surface area (Å²) in [6, 6.07) is 5.38. The van der Waals surface area contributed by atoms with Crippen LogP contribution in [-0.2, 0) is 6.54 Å². The summed E-state index contributed by atoms with van der Waals surface area (Å²) in [5, 5.41) is 9.30. The zero-order chi connectivity index (χ0) is 15.2. The maximum Gasteiger partial charge on any atom is 0.337 e. The molecule has 1 aromatic heterocycles. The van der Waals surface area contributed by atoms with Crippen LogP contribution in [0.5, 0.6) is 0 Å². The number of carboxylic acids is 1. The summed E-state index contributed by atoms with van der Waals surface area (Å²) in [6.07, 6.45) is 3.61. The fraction of sp³-hybridized carbons (Fsp3) is 0.500. The third-order valence-corrected chi connectivity index (χ3v) is 4.89. The second-order valence-corrected chi connectivity index (χ2v) is 6.20. The zero-order valence-corrected chi connectivity index (χ0v) is 12.8. The Morgan fingerprint density at radius 3 is 2.67 bits per heavy atom. The van der Waals surface area contributed by atoms with Gasteiger partial charge >= 0.3 is 5.97 Å². The predicted molar refractivity (Wildman–Crippen MR) is 81.7 cm³/mol. The van der Waals surface area contributed by atoms with Gasteiger partial charge in [-0.1, -0.05) is 6.07 Å². The number of nitrogens with zero attached hydrogens (tertiary/aromatic N) is 3. The van der Waals surface area contributed by atoms with Crippen molar-refractivity contribution < 1.29 is 9.90 Å². The number of imidazole rings is 1. The van der Waals surface area contributed by atoms with E-state index in [4.69, 9.17) is 0 Å². The van der Waals surface area contributed by atoms with Crippen molar-refractivity contribution in [3.8, 4) is 0 Å². The highest BCUT2D eigenvalue weighted by atomic mass is 16.4. The molecule has 1 heterocycles. The third-order valence-electron chi connectivity index (χ3n) is 4.89. The van der Waals surface area contributed by atoms with E-state index in [1.807, 2.05) is 13.0 Å². The fourth-order valence-electron chi connectivity index (χ4n) is 3.26. The van der Waals surface area contributed by atoms with Gasteiger partial charge in [0.15, 0.2) is 0 Å². The molecule has 0 saturated heterocycles. The fourth-order valence-corrected chi connectivity index (χ4v) is 3.26. The van der Waals surface area contributed by atoms with Crippen molar-refractivity contribution in [2.24, 2.45) is 0 Å². The van der Waals surface area contributed by atoms with E-state index >= 15 is 0 Å². The Labute approximate surface area is 124 Å². The standard InChI is InChI=1S/C16H21N3O2/c1-11-17-14-12(15(20)21)6-4-7-13(14)19(11)10-16(18(2)3)8-5-9-16/h4,6-7H,5,8-10H2,1-3H3,(H,20,21). The van der Waals surface area contributed by atoms with Crippen LogP contribution >= 0.6 is 0 Å². The molecule has 0 aliphatic heterocycles. The highest BCUT2D eigenvalue weighted by molar-refractivity contribution is 6.01. The molecule has 0 radical (unpaired) electrons. The number of carbonyl (C=O) groups is 1. The van der Waals surface area contributed by atoms with Gasteiger partial charge in [0.1, 0.15) is 11.3 Å². The number of rotatable bonds is 4. The van der Waals surface area contributed by atoms with Crippen molar-refractivity contribution >= 4 is 17.0 Å². The first-order valence-electron chi connectivity index (χ1n) is 7.31. The lowest BCUT2D eigenvalue weighted by Crippen LogP contribution is -2.53. The van der Waals surface area contributed by atoms with E-state index in [1.165, 1.54) is 19.3 Å². The van der Waals surface area contributed by atoms with E-state index in [9.17, 15) is 9.90 Å². The molecule has 1 fully saturated rings. The predicted octanol–water partition coefficient (Wildman–Crippen LogP) is 2.53. The Hall–Kier alpha value is -1.88. The molecule has 1 N–H and O–H groups in total. The Balaban J connectivity index is 2.09. The Morgan fingerprint density at radius 2 is 2.14 bits per heavy atom. The molecule has 3 rings (SSSR count). The molecule has 1 saturated carbocycles. The molecule has 1 aliphatic carbocycles. The molecule has 0 atom stereocenters. The van der Waals surface area contributed by atoms with Crippen molar-refractivity contribution in [3.63, 3.8) is 0 Å². The summed E-state index contributed by atoms with van der Waals surface area (Å²) in [4.78, 5) is 18.1. The Kier molecular flexibility index (Phi) is 3.24. The number of benzene rings is 1. The minimum absolute atomic E-state index is 0.178. The smallest absolute Gasteiger partial charge is 0.337 e. The van der Waals surface area contributed by atoms with Crippen molar-refractivity contribution in [1.29, 1.82) is 0 Å². The maximum absolute atomic E-state index is 11.3. The van der Waals surface area contributed by atoms with Crippen LogP contribution in [0.1, 0.15) is 35.4 Å². The molecular formula is C16H21N3O2. The normalized spacial score (nSPS) is 17.1. The van der Waals surface area contributed by atoms with E-state index in [1.54, 1.807) is 12.1 Å². The summed E-state index contributed by atoms with van der Waals surface area (Å²) in [7, 11) is 4.24. The van der Waals surface area contributed by atoms with Crippen LogP contribution in [0.4, 0.5) is 0 Å². The van der Waals surface area contributed by atoms with Crippen LogP contribution in [-0.4, -0.2) is 45.2 Å². The van der Waals surface area contributed by atoms with Crippen LogP contribution in [0.2, 0.25) is 0 Å². The molecule has 2 aromatic rings. The first kappa shape index (κ1) is 14.1. The van der Waals surface area contributed by atoms with E-state index in [0.717, 1.165) is 17.9 Å². The Bertz CT molecular complexity index is 699. The summed E-state index contributed by atoms with van der Waals surface area (Å²) >= 11 is 0. The maximum atomic E-state index is 11.3. The summed E-state index contributed by atoms with van der Waals surface area (Å²) < 4.78 is 2.17. The number of aryl methyl sites for hydroxylation is 1. The molecule has 0 unspecified atom stereocenters. The van der Waals surface area contributed by atoms with Gasteiger partial charge < -0.3 is 14.6 Å². The molecule has 5 heteroatoms. The molecule has 1 aliphatic rings. The molecule has 112 valence electrons. The van der Waals surface area contributed by atoms with Crippen molar-refractivity contribution in [2.45, 2.75) is 38.3 Å². The quantitative estimate of drug-likeness (QED) is 0.938.